The van der Waals surface area contributed by atoms with E-state index in [-0.39, 0.29) is 6.10 Å². The molecule has 2 N–H and O–H groups in total. The monoisotopic (exact) mass is 336 g/mol. The Balaban J connectivity index is 1.75. The van der Waals surface area contributed by atoms with Gasteiger partial charge in [-0.05, 0) is 24.5 Å². The minimum Gasteiger partial charge on any atom is -0.442 e. The van der Waals surface area contributed by atoms with Crippen molar-refractivity contribution in [3.8, 4) is 0 Å². The first-order valence-corrected chi connectivity index (χ1v) is 8.09. The summed E-state index contributed by atoms with van der Waals surface area (Å²) in [6.07, 6.45) is 4.13. The van der Waals surface area contributed by atoms with Crippen LogP contribution in [0.2, 0.25) is 0 Å². The summed E-state index contributed by atoms with van der Waals surface area (Å²) in [6, 6.07) is 4.51. The molecule has 1 atom stereocenters. The number of nitrogens with zero attached hydrogens (tertiary/aromatic N) is 4. The zero-order chi connectivity index (χ0) is 16.4. The van der Waals surface area contributed by atoms with Crippen molar-refractivity contribution in [1.82, 2.24) is 15.0 Å². The van der Waals surface area contributed by atoms with Gasteiger partial charge in [-0.3, -0.25) is 4.90 Å². The summed E-state index contributed by atoms with van der Waals surface area (Å²) < 4.78 is 21.0. The number of hydrogen-bond donors (Lipinski definition) is 1. The average Bonchev–Trinajstić information content (AvgIpc) is 3.16. The molecular weight excluding hydrogens is 321 g/mol. The zero-order valence-electron chi connectivity index (χ0n) is 12.3. The number of hydrogen-bond acceptors (Lipinski definition) is 5. The molecule has 0 saturated carbocycles. The van der Waals surface area contributed by atoms with Crippen molar-refractivity contribution in [2.45, 2.75) is 12.6 Å². The SMILES string of the molecule is CSC(=[NH2+])c1ccc(N2C[C@H](Cn3ccnn3)OC2=O)cc1F. The molecule has 1 fully saturated rings. The predicted octanol–water partition coefficient (Wildman–Crippen LogP) is 0.311. The fourth-order valence-electron chi connectivity index (χ4n) is 2.35. The van der Waals surface area contributed by atoms with Gasteiger partial charge in [0.15, 0.2) is 0 Å². The number of carbonyl (C=O) groups excluding carboxylic acids is 1. The number of ether oxygens (including phenoxy) is 1. The Morgan fingerprint density at radius 2 is 2.39 bits per heavy atom. The fraction of sp³-hybridized carbons (Fsp3) is 0.286. The van der Waals surface area contributed by atoms with Crippen LogP contribution in [0.25, 0.3) is 0 Å². The van der Waals surface area contributed by atoms with Crippen molar-refractivity contribution in [2.75, 3.05) is 17.7 Å². The van der Waals surface area contributed by atoms with E-state index in [1.807, 2.05) is 0 Å². The number of cyclic esters (lactones) is 1. The topological polar surface area (TPSA) is 85.8 Å². The van der Waals surface area contributed by atoms with Gasteiger partial charge in [0.05, 0.1) is 30.5 Å². The third kappa shape index (κ3) is 3.19. The lowest BCUT2D eigenvalue weighted by Crippen LogP contribution is -2.38. The van der Waals surface area contributed by atoms with Crippen molar-refractivity contribution < 1.29 is 19.3 Å². The highest BCUT2D eigenvalue weighted by Crippen LogP contribution is 2.25. The molecule has 0 bridgehead atoms. The van der Waals surface area contributed by atoms with Gasteiger partial charge in [-0.25, -0.2) is 19.3 Å². The second-order valence-electron chi connectivity index (χ2n) is 4.97. The van der Waals surface area contributed by atoms with Gasteiger partial charge in [-0.1, -0.05) is 17.0 Å². The summed E-state index contributed by atoms with van der Waals surface area (Å²) >= 11 is 1.27. The summed E-state index contributed by atoms with van der Waals surface area (Å²) in [5, 5.41) is 13.7. The molecule has 0 spiro atoms. The number of aromatic nitrogens is 3. The summed E-state index contributed by atoms with van der Waals surface area (Å²) in [6.45, 7) is 0.717. The van der Waals surface area contributed by atoms with Crippen LogP contribution in [-0.4, -0.2) is 45.0 Å². The van der Waals surface area contributed by atoms with Crippen LogP contribution in [0.1, 0.15) is 5.56 Å². The minimum absolute atomic E-state index is 0.319. The van der Waals surface area contributed by atoms with E-state index in [1.54, 1.807) is 35.5 Å². The van der Waals surface area contributed by atoms with Crippen molar-refractivity contribution in [3.05, 3.63) is 42.0 Å². The first kappa shape index (κ1) is 15.5. The first-order chi connectivity index (χ1) is 11.1. The van der Waals surface area contributed by atoms with Gasteiger partial charge in [0.1, 0.15) is 11.9 Å². The summed E-state index contributed by atoms with van der Waals surface area (Å²) in [5.74, 6) is -0.470. The van der Waals surface area contributed by atoms with Crippen LogP contribution in [0.5, 0.6) is 0 Å². The number of anilines is 1. The zero-order valence-corrected chi connectivity index (χ0v) is 13.2. The molecule has 1 aromatic carbocycles. The van der Waals surface area contributed by atoms with E-state index in [4.69, 9.17) is 10.1 Å². The minimum atomic E-state index is -0.510. The summed E-state index contributed by atoms with van der Waals surface area (Å²) in [5.41, 5.74) is 0.763. The number of thioether (sulfide) groups is 1. The van der Waals surface area contributed by atoms with Crippen LogP contribution in [0, 0.1) is 5.82 Å². The van der Waals surface area contributed by atoms with Gasteiger partial charge < -0.3 is 4.74 Å². The molecule has 1 aliphatic rings. The Morgan fingerprint density at radius 3 is 3.04 bits per heavy atom. The Morgan fingerprint density at radius 1 is 1.57 bits per heavy atom. The van der Waals surface area contributed by atoms with Gasteiger partial charge in [-0.15, -0.1) is 5.10 Å². The fourth-order valence-corrected chi connectivity index (χ4v) is 2.73. The number of amides is 1. The number of benzene rings is 1. The number of halogens is 1. The van der Waals surface area contributed by atoms with E-state index in [1.165, 1.54) is 22.7 Å². The first-order valence-electron chi connectivity index (χ1n) is 6.87. The Bertz CT molecular complexity index is 737. The van der Waals surface area contributed by atoms with Crippen molar-refractivity contribution in [2.24, 2.45) is 0 Å². The van der Waals surface area contributed by atoms with Gasteiger partial charge >= 0.3 is 6.09 Å². The molecule has 0 aliphatic carbocycles. The maximum Gasteiger partial charge on any atom is 0.414 e. The molecule has 23 heavy (non-hydrogen) atoms. The quantitative estimate of drug-likeness (QED) is 0.642. The van der Waals surface area contributed by atoms with Gasteiger partial charge in [-0.2, -0.15) is 0 Å². The average molecular weight is 336 g/mol. The summed E-state index contributed by atoms with van der Waals surface area (Å²) in [7, 11) is 0. The number of rotatable bonds is 4. The largest absolute Gasteiger partial charge is 0.442 e. The highest BCUT2D eigenvalue weighted by molar-refractivity contribution is 8.13. The van der Waals surface area contributed by atoms with E-state index >= 15 is 0 Å². The van der Waals surface area contributed by atoms with E-state index in [9.17, 15) is 9.18 Å². The third-order valence-electron chi connectivity index (χ3n) is 3.49. The molecular formula is C14H15FN5O2S+. The van der Waals surface area contributed by atoms with Crippen LogP contribution in [-0.2, 0) is 11.3 Å². The predicted molar refractivity (Wildman–Crippen MR) is 83.6 cm³/mol. The molecule has 0 radical (unpaired) electrons. The lowest BCUT2D eigenvalue weighted by Gasteiger charge is -2.13. The van der Waals surface area contributed by atoms with Crippen LogP contribution in [0.3, 0.4) is 0 Å². The molecule has 7 nitrogen and oxygen atoms in total. The van der Waals surface area contributed by atoms with Gasteiger partial charge in [0, 0.05) is 6.20 Å². The smallest absolute Gasteiger partial charge is 0.414 e. The van der Waals surface area contributed by atoms with Gasteiger partial charge in [0.25, 0.3) is 0 Å². The molecule has 1 amide bonds. The molecule has 1 saturated heterocycles. The molecule has 2 heterocycles. The third-order valence-corrected chi connectivity index (χ3v) is 4.15. The highest BCUT2D eigenvalue weighted by atomic mass is 32.2. The molecule has 1 aromatic heterocycles. The van der Waals surface area contributed by atoms with E-state index in [0.29, 0.717) is 29.4 Å². The van der Waals surface area contributed by atoms with Gasteiger partial charge in [0.2, 0.25) is 5.04 Å². The Hall–Kier alpha value is -2.42. The number of carbonyl (C=O) groups is 1. The molecule has 0 unspecified atom stereocenters. The van der Waals surface area contributed by atoms with Crippen molar-refractivity contribution in [3.63, 3.8) is 0 Å². The van der Waals surface area contributed by atoms with E-state index in [0.717, 1.165) is 0 Å². The number of nitrogens with two attached hydrogens (primary N) is 1. The normalized spacial score (nSPS) is 17.4. The second kappa shape index (κ2) is 6.37. The second-order valence-corrected chi connectivity index (χ2v) is 5.82. The lowest BCUT2D eigenvalue weighted by atomic mass is 10.2. The molecule has 9 heteroatoms. The maximum absolute atomic E-state index is 14.2. The van der Waals surface area contributed by atoms with E-state index in [2.05, 4.69) is 10.3 Å². The van der Waals surface area contributed by atoms with Crippen LogP contribution in [0.15, 0.2) is 30.6 Å². The lowest BCUT2D eigenvalue weighted by molar-refractivity contribution is -0.107. The van der Waals surface area contributed by atoms with Crippen LogP contribution < -0.4 is 10.3 Å². The van der Waals surface area contributed by atoms with Crippen LogP contribution in [0.4, 0.5) is 14.9 Å². The molecule has 120 valence electrons. The standard InChI is InChI=1S/C14H14FN5O2S/c1-23-13(16)11-3-2-9(6-12(11)15)20-8-10(22-14(20)21)7-19-5-4-17-18-19/h2-6,10,16H,7-8H2,1H3/p+1/t10-/m0/s1. The molecule has 1 aliphatic heterocycles. The summed E-state index contributed by atoms with van der Waals surface area (Å²) in [4.78, 5) is 13.4. The highest BCUT2D eigenvalue weighted by Gasteiger charge is 2.33. The van der Waals surface area contributed by atoms with Crippen LogP contribution >= 0.6 is 11.8 Å². The maximum atomic E-state index is 14.2. The van der Waals surface area contributed by atoms with Crippen molar-refractivity contribution in [1.29, 1.82) is 0 Å². The van der Waals surface area contributed by atoms with E-state index < -0.39 is 11.9 Å². The van der Waals surface area contributed by atoms with Crippen molar-refractivity contribution >= 4 is 28.6 Å². The Kier molecular flexibility index (Phi) is 4.28. The molecule has 3 rings (SSSR count). The molecule has 2 aromatic rings. The Labute approximate surface area is 135 Å².